The molecule has 2 N–H and O–H groups in total. The van der Waals surface area contributed by atoms with Gasteiger partial charge in [-0.05, 0) is 26.0 Å². The van der Waals surface area contributed by atoms with Gasteiger partial charge in [0.25, 0.3) is 0 Å². The van der Waals surface area contributed by atoms with Gasteiger partial charge in [0.15, 0.2) is 11.5 Å². The average molecular weight is 291 g/mol. The van der Waals surface area contributed by atoms with Gasteiger partial charge >= 0.3 is 0 Å². The lowest BCUT2D eigenvalue weighted by molar-refractivity contribution is 0.324. The van der Waals surface area contributed by atoms with Gasteiger partial charge in [-0.15, -0.1) is 0 Å². The van der Waals surface area contributed by atoms with Crippen molar-refractivity contribution in [1.82, 2.24) is 9.55 Å². The van der Waals surface area contributed by atoms with Crippen molar-refractivity contribution in [2.24, 2.45) is 0 Å². The monoisotopic (exact) mass is 291 g/mol. The van der Waals surface area contributed by atoms with Gasteiger partial charge in [-0.2, -0.15) is 0 Å². The summed E-state index contributed by atoms with van der Waals surface area (Å²) in [5, 5.41) is 0. The van der Waals surface area contributed by atoms with Crippen molar-refractivity contribution < 1.29 is 14.2 Å². The zero-order valence-corrected chi connectivity index (χ0v) is 13.0. The first-order chi connectivity index (χ1) is 10.0. The zero-order chi connectivity index (χ0) is 15.6. The van der Waals surface area contributed by atoms with Crippen molar-refractivity contribution in [1.29, 1.82) is 0 Å². The van der Waals surface area contributed by atoms with Gasteiger partial charge in [0, 0.05) is 11.6 Å². The average Bonchev–Trinajstić information content (AvgIpc) is 2.87. The Morgan fingerprint density at radius 1 is 1.05 bits per heavy atom. The van der Waals surface area contributed by atoms with E-state index in [1.165, 1.54) is 0 Å². The van der Waals surface area contributed by atoms with E-state index in [0.717, 1.165) is 5.56 Å². The molecule has 0 unspecified atom stereocenters. The Morgan fingerprint density at radius 3 is 2.00 bits per heavy atom. The van der Waals surface area contributed by atoms with Crippen molar-refractivity contribution in [3.8, 4) is 28.5 Å². The standard InChI is InChI=1S/C15H21N3O3/c1-9(2)18-8-17-13(15(18)16)10-6-11(19-3)14(21-5)12(7-10)20-4/h6-9H,16H2,1-5H3. The maximum atomic E-state index is 6.18. The summed E-state index contributed by atoms with van der Waals surface area (Å²) in [5.41, 5.74) is 7.70. The van der Waals surface area contributed by atoms with Crippen LogP contribution in [-0.2, 0) is 0 Å². The number of aromatic nitrogens is 2. The Balaban J connectivity index is 2.59. The predicted octanol–water partition coefficient (Wildman–Crippen LogP) is 2.74. The molecule has 0 saturated heterocycles. The second-order valence-corrected chi connectivity index (χ2v) is 4.89. The number of imidazole rings is 1. The smallest absolute Gasteiger partial charge is 0.203 e. The van der Waals surface area contributed by atoms with Crippen LogP contribution in [0.15, 0.2) is 18.5 Å². The fourth-order valence-electron chi connectivity index (χ4n) is 2.22. The van der Waals surface area contributed by atoms with Crippen molar-refractivity contribution in [2.75, 3.05) is 27.1 Å². The first kappa shape index (κ1) is 15.0. The van der Waals surface area contributed by atoms with E-state index in [9.17, 15) is 0 Å². The fraction of sp³-hybridized carbons (Fsp3) is 0.400. The molecule has 0 spiro atoms. The molecular formula is C15H21N3O3. The lowest BCUT2D eigenvalue weighted by atomic mass is 10.1. The van der Waals surface area contributed by atoms with Crippen molar-refractivity contribution in [3.05, 3.63) is 18.5 Å². The Hall–Kier alpha value is -2.37. The summed E-state index contributed by atoms with van der Waals surface area (Å²) in [6, 6.07) is 3.92. The topological polar surface area (TPSA) is 71.5 Å². The van der Waals surface area contributed by atoms with Gasteiger partial charge in [0.2, 0.25) is 5.75 Å². The highest BCUT2D eigenvalue weighted by Gasteiger charge is 2.18. The highest BCUT2D eigenvalue weighted by molar-refractivity contribution is 5.75. The lowest BCUT2D eigenvalue weighted by Crippen LogP contribution is -2.04. The van der Waals surface area contributed by atoms with Crippen LogP contribution in [0.5, 0.6) is 17.2 Å². The molecule has 1 aromatic carbocycles. The molecule has 0 amide bonds. The van der Waals surface area contributed by atoms with Crippen LogP contribution in [0.4, 0.5) is 5.82 Å². The van der Waals surface area contributed by atoms with E-state index >= 15 is 0 Å². The van der Waals surface area contributed by atoms with Crippen molar-refractivity contribution in [3.63, 3.8) is 0 Å². The molecule has 0 fully saturated rings. The summed E-state index contributed by atoms with van der Waals surface area (Å²) in [6.07, 6.45) is 1.73. The molecule has 0 bridgehead atoms. The largest absolute Gasteiger partial charge is 0.493 e. The SMILES string of the molecule is COc1cc(-c2ncn(C(C)C)c2N)cc(OC)c1OC. The minimum absolute atomic E-state index is 0.244. The van der Waals surface area contributed by atoms with Gasteiger partial charge in [0.1, 0.15) is 11.5 Å². The zero-order valence-electron chi connectivity index (χ0n) is 13.0. The van der Waals surface area contributed by atoms with Crippen LogP contribution in [0.1, 0.15) is 19.9 Å². The summed E-state index contributed by atoms with van der Waals surface area (Å²) in [4.78, 5) is 4.40. The third-order valence-corrected chi connectivity index (χ3v) is 3.33. The number of hydrogen-bond acceptors (Lipinski definition) is 5. The number of nitrogens with two attached hydrogens (primary N) is 1. The van der Waals surface area contributed by atoms with E-state index in [1.54, 1.807) is 27.7 Å². The minimum atomic E-state index is 0.244. The second kappa shape index (κ2) is 5.95. The van der Waals surface area contributed by atoms with E-state index < -0.39 is 0 Å². The molecule has 2 rings (SSSR count). The first-order valence-corrected chi connectivity index (χ1v) is 6.66. The second-order valence-electron chi connectivity index (χ2n) is 4.89. The van der Waals surface area contributed by atoms with Crippen LogP contribution in [0.2, 0.25) is 0 Å². The number of anilines is 1. The van der Waals surface area contributed by atoms with E-state index in [2.05, 4.69) is 18.8 Å². The van der Waals surface area contributed by atoms with Crippen LogP contribution in [0.25, 0.3) is 11.3 Å². The Bertz CT molecular complexity index is 610. The Morgan fingerprint density at radius 2 is 1.62 bits per heavy atom. The van der Waals surface area contributed by atoms with E-state index in [-0.39, 0.29) is 6.04 Å². The van der Waals surface area contributed by atoms with Crippen LogP contribution < -0.4 is 19.9 Å². The summed E-state index contributed by atoms with van der Waals surface area (Å²) in [7, 11) is 4.73. The number of ether oxygens (including phenoxy) is 3. The van der Waals surface area contributed by atoms with E-state index in [1.807, 2.05) is 16.7 Å². The molecule has 0 saturated carbocycles. The molecule has 1 heterocycles. The molecule has 21 heavy (non-hydrogen) atoms. The molecule has 0 aliphatic rings. The summed E-state index contributed by atoms with van der Waals surface area (Å²) >= 11 is 0. The molecule has 2 aromatic rings. The van der Waals surface area contributed by atoms with Gasteiger partial charge in [-0.1, -0.05) is 0 Å². The Labute approximate surface area is 124 Å². The van der Waals surface area contributed by atoms with E-state index in [0.29, 0.717) is 28.8 Å². The quantitative estimate of drug-likeness (QED) is 0.917. The molecule has 1 aromatic heterocycles. The molecule has 0 radical (unpaired) electrons. The number of rotatable bonds is 5. The third kappa shape index (κ3) is 2.61. The number of benzene rings is 1. The van der Waals surface area contributed by atoms with Gasteiger partial charge < -0.3 is 24.5 Å². The summed E-state index contributed by atoms with van der Waals surface area (Å²) in [5.74, 6) is 2.31. The number of hydrogen-bond donors (Lipinski definition) is 1. The van der Waals surface area contributed by atoms with Crippen LogP contribution in [0.3, 0.4) is 0 Å². The molecular weight excluding hydrogens is 270 g/mol. The summed E-state index contributed by atoms with van der Waals surface area (Å²) in [6.45, 7) is 4.11. The molecule has 0 aliphatic carbocycles. The number of methoxy groups -OCH3 is 3. The number of nitrogen functional groups attached to an aromatic ring is 1. The lowest BCUT2D eigenvalue weighted by Gasteiger charge is -2.14. The van der Waals surface area contributed by atoms with Gasteiger partial charge in [-0.25, -0.2) is 4.98 Å². The third-order valence-electron chi connectivity index (χ3n) is 3.33. The normalized spacial score (nSPS) is 10.8. The summed E-state index contributed by atoms with van der Waals surface area (Å²) < 4.78 is 17.9. The van der Waals surface area contributed by atoms with Gasteiger partial charge in [-0.3, -0.25) is 0 Å². The van der Waals surface area contributed by atoms with Gasteiger partial charge in [0.05, 0.1) is 27.7 Å². The van der Waals surface area contributed by atoms with Crippen molar-refractivity contribution in [2.45, 2.75) is 19.9 Å². The molecule has 0 atom stereocenters. The van der Waals surface area contributed by atoms with E-state index in [4.69, 9.17) is 19.9 Å². The molecule has 114 valence electrons. The van der Waals surface area contributed by atoms with Crippen molar-refractivity contribution >= 4 is 5.82 Å². The maximum absolute atomic E-state index is 6.18. The van der Waals surface area contributed by atoms with Crippen LogP contribution in [0, 0.1) is 0 Å². The van der Waals surface area contributed by atoms with Crippen LogP contribution >= 0.6 is 0 Å². The Kier molecular flexibility index (Phi) is 4.26. The number of nitrogens with zero attached hydrogens (tertiary/aromatic N) is 2. The highest BCUT2D eigenvalue weighted by Crippen LogP contribution is 2.42. The maximum Gasteiger partial charge on any atom is 0.203 e. The van der Waals surface area contributed by atoms with Crippen LogP contribution in [-0.4, -0.2) is 30.9 Å². The minimum Gasteiger partial charge on any atom is -0.493 e. The molecule has 6 heteroatoms. The molecule has 0 aliphatic heterocycles. The first-order valence-electron chi connectivity index (χ1n) is 6.66. The predicted molar refractivity (Wildman–Crippen MR) is 82.1 cm³/mol. The fourth-order valence-corrected chi connectivity index (χ4v) is 2.22. The molecule has 6 nitrogen and oxygen atoms in total. The highest BCUT2D eigenvalue weighted by atomic mass is 16.5.